The zero-order valence-corrected chi connectivity index (χ0v) is 10.1. The fraction of sp³-hybridized carbons (Fsp3) is 0.400. The van der Waals surface area contributed by atoms with Crippen LogP contribution < -0.4 is 11.5 Å². The lowest BCUT2D eigenvalue weighted by atomic mass is 10.0. The first-order valence-electron chi connectivity index (χ1n) is 4.67. The number of nitrogens with two attached hydrogens (primary N) is 2. The van der Waals surface area contributed by atoms with Gasteiger partial charge in [-0.25, -0.2) is 8.78 Å². The van der Waals surface area contributed by atoms with Crippen LogP contribution in [-0.4, -0.2) is 6.54 Å². The van der Waals surface area contributed by atoms with E-state index < -0.39 is 17.7 Å². The molecule has 0 saturated heterocycles. The molecular weight excluding hydrogens is 257 g/mol. The monoisotopic (exact) mass is 270 g/mol. The standard InChI is InChI=1S/C10H13ClF2N2.ClH/c11-10-7(13)4-3-6(12)9(10)8(15)2-1-5-14;/h3-4,8H,1-2,5,14-15H2;1H/t8-;/m1./s1. The maximum Gasteiger partial charge on any atom is 0.142 e. The fourth-order valence-corrected chi connectivity index (χ4v) is 1.66. The van der Waals surface area contributed by atoms with Crippen molar-refractivity contribution in [3.63, 3.8) is 0 Å². The molecule has 4 N–H and O–H groups in total. The number of hydrogen-bond acceptors (Lipinski definition) is 2. The summed E-state index contributed by atoms with van der Waals surface area (Å²) in [6, 6.07) is 1.40. The Balaban J connectivity index is 0.00000225. The third-order valence-corrected chi connectivity index (χ3v) is 2.55. The van der Waals surface area contributed by atoms with Gasteiger partial charge in [-0.1, -0.05) is 11.6 Å². The van der Waals surface area contributed by atoms with E-state index in [-0.39, 0.29) is 23.0 Å². The Bertz CT molecular complexity index is 348. The van der Waals surface area contributed by atoms with Crippen molar-refractivity contribution in [3.05, 3.63) is 34.4 Å². The average molecular weight is 271 g/mol. The van der Waals surface area contributed by atoms with Gasteiger partial charge in [-0.05, 0) is 31.5 Å². The molecule has 1 rings (SSSR count). The zero-order chi connectivity index (χ0) is 11.4. The first kappa shape index (κ1) is 15.6. The van der Waals surface area contributed by atoms with E-state index in [1.807, 2.05) is 0 Å². The van der Waals surface area contributed by atoms with Gasteiger partial charge in [-0.3, -0.25) is 0 Å². The van der Waals surface area contributed by atoms with Crippen LogP contribution in [-0.2, 0) is 0 Å². The van der Waals surface area contributed by atoms with Crippen LogP contribution in [0.1, 0.15) is 24.4 Å². The zero-order valence-electron chi connectivity index (χ0n) is 8.55. The van der Waals surface area contributed by atoms with Crippen LogP contribution in [0, 0.1) is 11.6 Å². The second kappa shape index (κ2) is 7.01. The molecule has 0 aromatic heterocycles. The molecule has 92 valence electrons. The molecule has 2 nitrogen and oxygen atoms in total. The van der Waals surface area contributed by atoms with Gasteiger partial charge in [0, 0.05) is 11.6 Å². The van der Waals surface area contributed by atoms with Crippen LogP contribution in [0.5, 0.6) is 0 Å². The summed E-state index contributed by atoms with van der Waals surface area (Å²) in [6.07, 6.45) is 1.13. The number of hydrogen-bond donors (Lipinski definition) is 2. The first-order valence-corrected chi connectivity index (χ1v) is 5.04. The highest BCUT2D eigenvalue weighted by Gasteiger charge is 2.17. The van der Waals surface area contributed by atoms with E-state index in [0.29, 0.717) is 19.4 Å². The molecule has 1 aromatic rings. The molecule has 0 unspecified atom stereocenters. The lowest BCUT2D eigenvalue weighted by molar-refractivity contribution is 0.540. The van der Waals surface area contributed by atoms with Crippen molar-refractivity contribution in [2.24, 2.45) is 11.5 Å². The van der Waals surface area contributed by atoms with Crippen molar-refractivity contribution >= 4 is 24.0 Å². The predicted octanol–water partition coefficient (Wildman–Crippen LogP) is 2.78. The summed E-state index contributed by atoms with van der Waals surface area (Å²) in [5.74, 6) is -1.23. The normalized spacial score (nSPS) is 12.1. The molecule has 0 fully saturated rings. The topological polar surface area (TPSA) is 52.0 Å². The molecular formula is C10H14Cl2F2N2. The summed E-state index contributed by atoms with van der Waals surface area (Å²) >= 11 is 5.65. The minimum Gasteiger partial charge on any atom is -0.330 e. The second-order valence-electron chi connectivity index (χ2n) is 3.29. The highest BCUT2D eigenvalue weighted by Crippen LogP contribution is 2.29. The van der Waals surface area contributed by atoms with Gasteiger partial charge in [0.2, 0.25) is 0 Å². The SMILES string of the molecule is Cl.NCCC[C@@H](N)c1c(F)ccc(F)c1Cl. The molecule has 16 heavy (non-hydrogen) atoms. The van der Waals surface area contributed by atoms with E-state index in [0.717, 1.165) is 12.1 Å². The maximum absolute atomic E-state index is 13.3. The predicted molar refractivity (Wildman–Crippen MR) is 63.8 cm³/mol. The molecule has 0 aliphatic rings. The summed E-state index contributed by atoms with van der Waals surface area (Å²) in [5.41, 5.74) is 11.0. The molecule has 0 aliphatic carbocycles. The van der Waals surface area contributed by atoms with Crippen LogP contribution in [0.25, 0.3) is 0 Å². The number of rotatable bonds is 4. The van der Waals surface area contributed by atoms with E-state index in [4.69, 9.17) is 23.1 Å². The van der Waals surface area contributed by atoms with Crippen LogP contribution in [0.3, 0.4) is 0 Å². The van der Waals surface area contributed by atoms with Gasteiger partial charge >= 0.3 is 0 Å². The van der Waals surface area contributed by atoms with Crippen molar-refractivity contribution in [1.82, 2.24) is 0 Å². The third-order valence-electron chi connectivity index (χ3n) is 2.17. The van der Waals surface area contributed by atoms with Crippen molar-refractivity contribution < 1.29 is 8.78 Å². The third kappa shape index (κ3) is 3.56. The van der Waals surface area contributed by atoms with Gasteiger partial charge < -0.3 is 11.5 Å². The van der Waals surface area contributed by atoms with Crippen molar-refractivity contribution in [1.29, 1.82) is 0 Å². The Morgan fingerprint density at radius 1 is 1.25 bits per heavy atom. The van der Waals surface area contributed by atoms with Crippen LogP contribution in [0.2, 0.25) is 5.02 Å². The van der Waals surface area contributed by atoms with E-state index >= 15 is 0 Å². The molecule has 0 radical (unpaired) electrons. The minimum atomic E-state index is -0.656. The maximum atomic E-state index is 13.3. The summed E-state index contributed by atoms with van der Waals surface area (Å²) in [5, 5.41) is -0.237. The first-order chi connectivity index (χ1) is 7.07. The minimum absolute atomic E-state index is 0. The van der Waals surface area contributed by atoms with E-state index in [1.165, 1.54) is 0 Å². The molecule has 0 spiro atoms. The van der Waals surface area contributed by atoms with Crippen LogP contribution >= 0.6 is 24.0 Å². The van der Waals surface area contributed by atoms with Crippen molar-refractivity contribution in [2.75, 3.05) is 6.54 Å². The molecule has 0 amide bonds. The summed E-state index contributed by atoms with van der Waals surface area (Å²) < 4.78 is 26.4. The van der Waals surface area contributed by atoms with E-state index in [9.17, 15) is 8.78 Å². The second-order valence-corrected chi connectivity index (χ2v) is 3.67. The highest BCUT2D eigenvalue weighted by molar-refractivity contribution is 6.31. The van der Waals surface area contributed by atoms with E-state index in [1.54, 1.807) is 0 Å². The largest absolute Gasteiger partial charge is 0.330 e. The molecule has 0 heterocycles. The Hall–Kier alpha value is -0.420. The Morgan fingerprint density at radius 3 is 2.38 bits per heavy atom. The van der Waals surface area contributed by atoms with Gasteiger partial charge in [0.15, 0.2) is 0 Å². The Morgan fingerprint density at radius 2 is 1.81 bits per heavy atom. The molecule has 1 atom stereocenters. The molecule has 0 aliphatic heterocycles. The lowest BCUT2D eigenvalue weighted by Crippen LogP contribution is -2.15. The fourth-order valence-electron chi connectivity index (χ4n) is 1.36. The smallest absolute Gasteiger partial charge is 0.142 e. The number of benzene rings is 1. The Kier molecular flexibility index (Phi) is 6.83. The van der Waals surface area contributed by atoms with Crippen LogP contribution in [0.4, 0.5) is 8.78 Å². The van der Waals surface area contributed by atoms with Gasteiger partial charge in [-0.2, -0.15) is 0 Å². The highest BCUT2D eigenvalue weighted by atomic mass is 35.5. The van der Waals surface area contributed by atoms with Crippen molar-refractivity contribution in [2.45, 2.75) is 18.9 Å². The average Bonchev–Trinajstić information content (AvgIpc) is 2.21. The summed E-state index contributed by atoms with van der Waals surface area (Å²) in [4.78, 5) is 0. The van der Waals surface area contributed by atoms with Crippen LogP contribution in [0.15, 0.2) is 12.1 Å². The van der Waals surface area contributed by atoms with E-state index in [2.05, 4.69) is 0 Å². The Labute approximate surface area is 104 Å². The lowest BCUT2D eigenvalue weighted by Gasteiger charge is -2.14. The molecule has 0 bridgehead atoms. The quantitative estimate of drug-likeness (QED) is 0.827. The molecule has 6 heteroatoms. The van der Waals surface area contributed by atoms with Gasteiger partial charge in [0.25, 0.3) is 0 Å². The summed E-state index contributed by atoms with van der Waals surface area (Å²) in [6.45, 7) is 0.461. The van der Waals surface area contributed by atoms with Gasteiger partial charge in [0.05, 0.1) is 5.02 Å². The van der Waals surface area contributed by atoms with Crippen molar-refractivity contribution in [3.8, 4) is 0 Å². The van der Waals surface area contributed by atoms with Gasteiger partial charge in [-0.15, -0.1) is 12.4 Å². The molecule has 0 saturated carbocycles. The number of halogens is 4. The summed E-state index contributed by atoms with van der Waals surface area (Å²) in [7, 11) is 0. The molecule has 1 aromatic carbocycles. The van der Waals surface area contributed by atoms with Gasteiger partial charge in [0.1, 0.15) is 11.6 Å².